The van der Waals surface area contributed by atoms with E-state index in [4.69, 9.17) is 16.3 Å². The Labute approximate surface area is 178 Å². The predicted molar refractivity (Wildman–Crippen MR) is 117 cm³/mol. The van der Waals surface area contributed by atoms with Gasteiger partial charge in [-0.1, -0.05) is 57.0 Å². The number of hydrogen-bond acceptors (Lipinski definition) is 3. The van der Waals surface area contributed by atoms with Crippen molar-refractivity contribution in [1.82, 2.24) is 4.98 Å². The van der Waals surface area contributed by atoms with Gasteiger partial charge in [-0.25, -0.2) is 9.37 Å². The molecule has 1 aromatic heterocycles. The third-order valence-corrected chi connectivity index (χ3v) is 5.15. The van der Waals surface area contributed by atoms with Crippen LogP contribution in [0.25, 0.3) is 6.08 Å². The van der Waals surface area contributed by atoms with Gasteiger partial charge < -0.3 is 9.53 Å². The lowest BCUT2D eigenvalue weighted by atomic mass is 9.89. The summed E-state index contributed by atoms with van der Waals surface area (Å²) in [4.78, 5) is 15.4. The third kappa shape index (κ3) is 6.67. The summed E-state index contributed by atoms with van der Waals surface area (Å²) >= 11 is 6.34. The molecule has 0 radical (unpaired) electrons. The van der Waals surface area contributed by atoms with E-state index in [2.05, 4.69) is 4.98 Å². The minimum atomic E-state index is -1.37. The topological polar surface area (TPSA) is 39.2 Å². The van der Waals surface area contributed by atoms with Crippen LogP contribution in [-0.4, -0.2) is 10.8 Å². The molecule has 0 spiro atoms. The quantitative estimate of drug-likeness (QED) is 0.401. The Kier molecular flexibility index (Phi) is 8.39. The van der Waals surface area contributed by atoms with Crippen molar-refractivity contribution in [3.05, 3.63) is 58.8 Å². The molecule has 156 valence electrons. The van der Waals surface area contributed by atoms with Crippen LogP contribution in [0.2, 0.25) is 5.02 Å². The van der Waals surface area contributed by atoms with Crippen molar-refractivity contribution < 1.29 is 13.9 Å². The third-order valence-electron chi connectivity index (χ3n) is 4.86. The standard InChI is InChI=1S/C24H29ClFNO2/c1-5-13-24(26,6-2)20-10-11-22(21(25)15-20)29-23-12-9-19(16-27-23)8-7-17(3)14-18(4)28/h7-12,15-17H,5-6,13-14H2,1-4H3/b8-7+/t17-,24?/m0/s1. The Hall–Kier alpha value is -2.20. The number of carbonyl (C=O) groups is 1. The zero-order valence-corrected chi connectivity index (χ0v) is 18.3. The maximum Gasteiger partial charge on any atom is 0.219 e. The zero-order chi connectivity index (χ0) is 21.4. The first kappa shape index (κ1) is 23.1. The molecule has 0 aliphatic carbocycles. The van der Waals surface area contributed by atoms with Gasteiger partial charge in [0.1, 0.15) is 17.2 Å². The van der Waals surface area contributed by atoms with E-state index < -0.39 is 5.67 Å². The molecule has 0 fully saturated rings. The molecule has 0 saturated carbocycles. The molecule has 0 N–H and O–H groups in total. The van der Waals surface area contributed by atoms with Crippen LogP contribution in [0.1, 0.15) is 64.5 Å². The van der Waals surface area contributed by atoms with Gasteiger partial charge in [0.05, 0.1) is 5.02 Å². The Morgan fingerprint density at radius 1 is 1.31 bits per heavy atom. The number of ether oxygens (including phenoxy) is 1. The first-order valence-electron chi connectivity index (χ1n) is 10.1. The summed E-state index contributed by atoms with van der Waals surface area (Å²) in [5.74, 6) is 1.20. The second-order valence-electron chi connectivity index (χ2n) is 7.49. The van der Waals surface area contributed by atoms with Gasteiger partial charge in [-0.15, -0.1) is 0 Å². The van der Waals surface area contributed by atoms with Crippen molar-refractivity contribution >= 4 is 23.5 Å². The Bertz CT molecular complexity index is 850. The molecule has 3 nitrogen and oxygen atoms in total. The van der Waals surface area contributed by atoms with Crippen molar-refractivity contribution in [2.75, 3.05) is 0 Å². The number of aromatic nitrogens is 1. The number of nitrogens with zero attached hydrogens (tertiary/aromatic N) is 1. The number of pyridine rings is 1. The van der Waals surface area contributed by atoms with Crippen molar-refractivity contribution in [3.8, 4) is 11.6 Å². The van der Waals surface area contributed by atoms with E-state index in [0.29, 0.717) is 41.5 Å². The molecule has 5 heteroatoms. The molecule has 2 atom stereocenters. The molecule has 29 heavy (non-hydrogen) atoms. The van der Waals surface area contributed by atoms with E-state index in [0.717, 1.165) is 12.0 Å². The van der Waals surface area contributed by atoms with Gasteiger partial charge in [-0.3, -0.25) is 0 Å². The summed E-state index contributed by atoms with van der Waals surface area (Å²) < 4.78 is 20.9. The summed E-state index contributed by atoms with van der Waals surface area (Å²) in [6.07, 6.45) is 7.77. The summed E-state index contributed by atoms with van der Waals surface area (Å²) in [5, 5.41) is 0.359. The van der Waals surface area contributed by atoms with Crippen LogP contribution in [0.15, 0.2) is 42.6 Å². The molecular weight excluding hydrogens is 389 g/mol. The van der Waals surface area contributed by atoms with Crippen molar-refractivity contribution in [1.29, 1.82) is 0 Å². The number of allylic oxidation sites excluding steroid dienone is 1. The average molecular weight is 418 g/mol. The van der Waals surface area contributed by atoms with E-state index in [9.17, 15) is 4.79 Å². The van der Waals surface area contributed by atoms with E-state index in [1.165, 1.54) is 0 Å². The van der Waals surface area contributed by atoms with Crippen LogP contribution < -0.4 is 4.74 Å². The van der Waals surface area contributed by atoms with Crippen LogP contribution in [0.3, 0.4) is 0 Å². The van der Waals surface area contributed by atoms with Gasteiger partial charge in [0.15, 0.2) is 0 Å². The number of benzene rings is 1. The highest BCUT2D eigenvalue weighted by Crippen LogP contribution is 2.39. The summed E-state index contributed by atoms with van der Waals surface area (Å²) in [6, 6.07) is 8.70. The van der Waals surface area contributed by atoms with Gasteiger partial charge in [0.2, 0.25) is 5.88 Å². The Balaban J connectivity index is 2.08. The van der Waals surface area contributed by atoms with Gasteiger partial charge in [-0.05, 0) is 55.0 Å². The number of alkyl halides is 1. The number of Topliss-reactive ketones (excluding diaryl/α,β-unsaturated/α-hetero) is 1. The van der Waals surface area contributed by atoms with Gasteiger partial charge >= 0.3 is 0 Å². The zero-order valence-electron chi connectivity index (χ0n) is 17.5. The number of halogens is 2. The lowest BCUT2D eigenvalue weighted by Gasteiger charge is -2.24. The highest BCUT2D eigenvalue weighted by molar-refractivity contribution is 6.32. The van der Waals surface area contributed by atoms with Crippen LogP contribution in [-0.2, 0) is 10.5 Å². The minimum absolute atomic E-state index is 0.172. The number of hydrogen-bond donors (Lipinski definition) is 0. The van der Waals surface area contributed by atoms with Gasteiger partial charge in [-0.2, -0.15) is 0 Å². The predicted octanol–water partition coefficient (Wildman–Crippen LogP) is 7.53. The highest BCUT2D eigenvalue weighted by atomic mass is 35.5. The van der Waals surface area contributed by atoms with Crippen LogP contribution in [0.4, 0.5) is 4.39 Å². The first-order chi connectivity index (χ1) is 13.8. The maximum absolute atomic E-state index is 15.1. The smallest absolute Gasteiger partial charge is 0.219 e. The Morgan fingerprint density at radius 3 is 2.62 bits per heavy atom. The van der Waals surface area contributed by atoms with E-state index in [-0.39, 0.29) is 11.7 Å². The van der Waals surface area contributed by atoms with Crippen molar-refractivity contribution in [3.63, 3.8) is 0 Å². The monoisotopic (exact) mass is 417 g/mol. The van der Waals surface area contributed by atoms with Crippen molar-refractivity contribution in [2.24, 2.45) is 5.92 Å². The highest BCUT2D eigenvalue weighted by Gasteiger charge is 2.29. The minimum Gasteiger partial charge on any atom is -0.437 e. The lowest BCUT2D eigenvalue weighted by molar-refractivity contribution is -0.117. The molecule has 1 aromatic carbocycles. The molecule has 2 rings (SSSR count). The van der Waals surface area contributed by atoms with Crippen LogP contribution in [0, 0.1) is 5.92 Å². The molecule has 0 aliphatic heterocycles. The number of ketones is 1. The molecule has 2 aromatic rings. The van der Waals surface area contributed by atoms with Crippen LogP contribution >= 0.6 is 11.6 Å². The molecule has 1 heterocycles. The fourth-order valence-corrected chi connectivity index (χ4v) is 3.46. The van der Waals surface area contributed by atoms with Crippen molar-refractivity contribution in [2.45, 2.75) is 59.0 Å². The SMILES string of the molecule is CCCC(F)(CC)c1ccc(Oc2ccc(/C=C/[C@H](C)CC(C)=O)cn2)c(Cl)c1. The largest absolute Gasteiger partial charge is 0.437 e. The summed E-state index contributed by atoms with van der Waals surface area (Å²) in [6.45, 7) is 7.40. The molecule has 0 saturated heterocycles. The molecule has 0 bridgehead atoms. The molecule has 0 aliphatic rings. The summed E-state index contributed by atoms with van der Waals surface area (Å²) in [5.41, 5.74) is 0.120. The van der Waals surface area contributed by atoms with E-state index in [1.807, 2.05) is 39.0 Å². The second-order valence-corrected chi connectivity index (χ2v) is 7.90. The molecule has 1 unspecified atom stereocenters. The summed E-state index contributed by atoms with van der Waals surface area (Å²) in [7, 11) is 0. The normalized spacial score (nSPS) is 14.6. The molecular formula is C24H29ClFNO2. The number of carbonyl (C=O) groups excluding carboxylic acids is 1. The average Bonchev–Trinajstić information content (AvgIpc) is 2.68. The second kappa shape index (κ2) is 10.5. The molecule has 0 amide bonds. The van der Waals surface area contributed by atoms with Gasteiger partial charge in [0.25, 0.3) is 0 Å². The Morgan fingerprint density at radius 2 is 2.07 bits per heavy atom. The number of rotatable bonds is 10. The van der Waals surface area contributed by atoms with E-state index in [1.54, 1.807) is 37.4 Å². The van der Waals surface area contributed by atoms with Gasteiger partial charge in [0, 0.05) is 18.7 Å². The van der Waals surface area contributed by atoms with E-state index >= 15 is 4.39 Å². The fraction of sp³-hybridized carbons (Fsp3) is 0.417. The fourth-order valence-electron chi connectivity index (χ4n) is 3.24. The van der Waals surface area contributed by atoms with Crippen LogP contribution in [0.5, 0.6) is 11.6 Å². The first-order valence-corrected chi connectivity index (χ1v) is 10.5. The maximum atomic E-state index is 15.1. The lowest BCUT2D eigenvalue weighted by Crippen LogP contribution is -2.18.